The summed E-state index contributed by atoms with van der Waals surface area (Å²) < 4.78 is 5.44. The van der Waals surface area contributed by atoms with E-state index in [1.54, 1.807) is 0 Å². The van der Waals surface area contributed by atoms with E-state index in [4.69, 9.17) is 17.0 Å². The Hall–Kier alpha value is -0.390. The predicted octanol–water partition coefficient (Wildman–Crippen LogP) is 1.76. The molecule has 4 nitrogen and oxygen atoms in total. The van der Waals surface area contributed by atoms with Crippen molar-refractivity contribution in [2.45, 2.75) is 45.1 Å². The first-order chi connectivity index (χ1) is 8.83. The van der Waals surface area contributed by atoms with Gasteiger partial charge in [-0.3, -0.25) is 5.01 Å². The van der Waals surface area contributed by atoms with E-state index >= 15 is 0 Å². The largest absolute Gasteiger partial charge is 0.379 e. The van der Waals surface area contributed by atoms with E-state index in [0.717, 1.165) is 38.0 Å². The Bertz CT molecular complexity index is 245. The van der Waals surface area contributed by atoms with Gasteiger partial charge in [-0.2, -0.15) is 0 Å². The van der Waals surface area contributed by atoms with Crippen LogP contribution in [-0.2, 0) is 4.74 Å². The van der Waals surface area contributed by atoms with Gasteiger partial charge < -0.3 is 10.1 Å². The van der Waals surface area contributed by atoms with Gasteiger partial charge in [0.05, 0.1) is 13.2 Å². The quantitative estimate of drug-likeness (QED) is 0.790. The van der Waals surface area contributed by atoms with Crippen LogP contribution in [0.5, 0.6) is 0 Å². The number of ether oxygens (including phenoxy) is 1. The lowest BCUT2D eigenvalue weighted by Gasteiger charge is -2.44. The van der Waals surface area contributed by atoms with Crippen molar-refractivity contribution < 1.29 is 4.74 Å². The summed E-state index contributed by atoms with van der Waals surface area (Å²) in [6, 6.07) is 0.586. The Morgan fingerprint density at radius 1 is 1.28 bits per heavy atom. The van der Waals surface area contributed by atoms with Crippen LogP contribution in [0.4, 0.5) is 0 Å². The minimum Gasteiger partial charge on any atom is -0.379 e. The lowest BCUT2D eigenvalue weighted by Crippen LogP contribution is -2.58. The molecule has 0 unspecified atom stereocenters. The molecular weight excluding hydrogens is 246 g/mol. The second-order valence-electron chi connectivity index (χ2n) is 5.04. The maximum absolute atomic E-state index is 5.57. The maximum Gasteiger partial charge on any atom is 0.183 e. The molecule has 2 fully saturated rings. The normalized spacial score (nSPS) is 22.7. The van der Waals surface area contributed by atoms with E-state index in [0.29, 0.717) is 6.04 Å². The Morgan fingerprint density at radius 3 is 2.56 bits per heavy atom. The zero-order chi connectivity index (χ0) is 12.8. The average Bonchev–Trinajstić information content (AvgIpc) is 2.42. The first kappa shape index (κ1) is 14.0. The molecule has 1 N–H and O–H groups in total. The molecule has 1 aliphatic heterocycles. The zero-order valence-corrected chi connectivity index (χ0v) is 12.2. The van der Waals surface area contributed by atoms with Crippen LogP contribution < -0.4 is 5.32 Å². The Balaban J connectivity index is 2.02. The SMILES string of the molecule is CCNC(=S)N(C1CCCCC1)N1CCOCC1. The van der Waals surface area contributed by atoms with E-state index in [9.17, 15) is 0 Å². The van der Waals surface area contributed by atoms with Crippen LogP contribution in [0.2, 0.25) is 0 Å². The molecule has 1 heterocycles. The summed E-state index contributed by atoms with van der Waals surface area (Å²) in [7, 11) is 0. The van der Waals surface area contributed by atoms with Crippen molar-refractivity contribution in [2.75, 3.05) is 32.8 Å². The van der Waals surface area contributed by atoms with Crippen molar-refractivity contribution in [3.05, 3.63) is 0 Å². The molecule has 0 aromatic rings. The highest BCUT2D eigenvalue weighted by Crippen LogP contribution is 2.24. The number of nitrogens with zero attached hydrogens (tertiary/aromatic N) is 2. The fourth-order valence-electron chi connectivity index (χ4n) is 2.85. The highest BCUT2D eigenvalue weighted by atomic mass is 32.1. The summed E-state index contributed by atoms with van der Waals surface area (Å²) in [5.74, 6) is 0. The lowest BCUT2D eigenvalue weighted by molar-refractivity contribution is -0.0747. The summed E-state index contributed by atoms with van der Waals surface area (Å²) in [6.45, 7) is 6.55. The molecule has 1 saturated heterocycles. The zero-order valence-electron chi connectivity index (χ0n) is 11.4. The third kappa shape index (κ3) is 3.56. The number of nitrogens with one attached hydrogen (secondary N) is 1. The molecule has 104 valence electrons. The van der Waals surface area contributed by atoms with E-state index in [-0.39, 0.29) is 0 Å². The molecule has 1 aliphatic carbocycles. The van der Waals surface area contributed by atoms with Gasteiger partial charge in [0.25, 0.3) is 0 Å². The molecule has 0 aromatic heterocycles. The average molecular weight is 271 g/mol. The summed E-state index contributed by atoms with van der Waals surface area (Å²) in [6.07, 6.45) is 6.58. The molecule has 0 spiro atoms. The van der Waals surface area contributed by atoms with Gasteiger partial charge in [-0.25, -0.2) is 5.01 Å². The van der Waals surface area contributed by atoms with E-state index < -0.39 is 0 Å². The fraction of sp³-hybridized carbons (Fsp3) is 0.923. The van der Waals surface area contributed by atoms with Crippen molar-refractivity contribution >= 4 is 17.3 Å². The van der Waals surface area contributed by atoms with Crippen LogP contribution in [-0.4, -0.2) is 54.0 Å². The van der Waals surface area contributed by atoms with Gasteiger partial charge in [0.2, 0.25) is 0 Å². The van der Waals surface area contributed by atoms with E-state index in [1.165, 1.54) is 32.1 Å². The van der Waals surface area contributed by atoms with Crippen LogP contribution in [0, 0.1) is 0 Å². The third-order valence-electron chi connectivity index (χ3n) is 3.75. The molecule has 0 radical (unpaired) electrons. The minimum absolute atomic E-state index is 0.586. The fourth-order valence-corrected chi connectivity index (χ4v) is 3.26. The van der Waals surface area contributed by atoms with Gasteiger partial charge in [0.15, 0.2) is 5.11 Å². The standard InChI is InChI=1S/C13H25N3OS/c1-2-14-13(18)16(12-6-4-3-5-7-12)15-8-10-17-11-9-15/h12H,2-11H2,1H3,(H,14,18). The minimum atomic E-state index is 0.586. The molecule has 5 heteroatoms. The molecule has 2 rings (SSSR count). The second kappa shape index (κ2) is 7.26. The number of morpholine rings is 1. The molecule has 1 saturated carbocycles. The summed E-state index contributed by atoms with van der Waals surface area (Å²) in [5, 5.41) is 8.94. The van der Waals surface area contributed by atoms with Crippen molar-refractivity contribution in [3.8, 4) is 0 Å². The number of rotatable bonds is 3. The van der Waals surface area contributed by atoms with Gasteiger partial charge in [0.1, 0.15) is 0 Å². The van der Waals surface area contributed by atoms with Gasteiger partial charge in [-0.15, -0.1) is 0 Å². The number of hydrazine groups is 1. The van der Waals surface area contributed by atoms with Crippen LogP contribution in [0.3, 0.4) is 0 Å². The van der Waals surface area contributed by atoms with Crippen molar-refractivity contribution in [3.63, 3.8) is 0 Å². The van der Waals surface area contributed by atoms with Gasteiger partial charge >= 0.3 is 0 Å². The summed E-state index contributed by atoms with van der Waals surface area (Å²) >= 11 is 5.57. The van der Waals surface area contributed by atoms with Crippen molar-refractivity contribution in [2.24, 2.45) is 0 Å². The van der Waals surface area contributed by atoms with Crippen molar-refractivity contribution in [1.29, 1.82) is 0 Å². The molecule has 0 aromatic carbocycles. The van der Waals surface area contributed by atoms with Crippen LogP contribution in [0.25, 0.3) is 0 Å². The first-order valence-corrected chi connectivity index (χ1v) is 7.63. The summed E-state index contributed by atoms with van der Waals surface area (Å²) in [5.41, 5.74) is 0. The monoisotopic (exact) mass is 271 g/mol. The van der Waals surface area contributed by atoms with E-state index in [1.807, 2.05) is 0 Å². The number of thiocarbonyl (C=S) groups is 1. The van der Waals surface area contributed by atoms with Crippen LogP contribution >= 0.6 is 12.2 Å². The van der Waals surface area contributed by atoms with E-state index in [2.05, 4.69) is 22.3 Å². The summed E-state index contributed by atoms with van der Waals surface area (Å²) in [4.78, 5) is 0. The number of hydrogen-bond acceptors (Lipinski definition) is 3. The molecule has 18 heavy (non-hydrogen) atoms. The van der Waals surface area contributed by atoms with Gasteiger partial charge in [-0.1, -0.05) is 19.3 Å². The van der Waals surface area contributed by atoms with Gasteiger partial charge in [0, 0.05) is 25.7 Å². The molecule has 0 atom stereocenters. The second-order valence-corrected chi connectivity index (χ2v) is 5.42. The third-order valence-corrected chi connectivity index (χ3v) is 4.08. The van der Waals surface area contributed by atoms with Crippen LogP contribution in [0.1, 0.15) is 39.0 Å². The van der Waals surface area contributed by atoms with Crippen LogP contribution in [0.15, 0.2) is 0 Å². The lowest BCUT2D eigenvalue weighted by atomic mass is 9.95. The molecule has 2 aliphatic rings. The highest BCUT2D eigenvalue weighted by molar-refractivity contribution is 7.80. The Kier molecular flexibility index (Phi) is 5.66. The van der Waals surface area contributed by atoms with Crippen molar-refractivity contribution in [1.82, 2.24) is 15.3 Å². The predicted molar refractivity (Wildman–Crippen MR) is 77.4 cm³/mol. The first-order valence-electron chi connectivity index (χ1n) is 7.22. The smallest absolute Gasteiger partial charge is 0.183 e. The molecular formula is C13H25N3OS. The van der Waals surface area contributed by atoms with Gasteiger partial charge in [-0.05, 0) is 32.0 Å². The molecule has 0 bridgehead atoms. The maximum atomic E-state index is 5.57. The topological polar surface area (TPSA) is 27.7 Å². The highest BCUT2D eigenvalue weighted by Gasteiger charge is 2.29. The Morgan fingerprint density at radius 2 is 1.94 bits per heavy atom. The number of hydrogen-bond donors (Lipinski definition) is 1. The molecule has 0 amide bonds. The Labute approximate surface area is 116 Å².